The number of ketones is 1. The molecule has 6 rings (SSSR count). The predicted molar refractivity (Wildman–Crippen MR) is 183 cm³/mol. The molecule has 220 valence electrons. The molecule has 5 heterocycles. The first-order valence-corrected chi connectivity index (χ1v) is 16.4. The van der Waals surface area contributed by atoms with E-state index in [4.69, 9.17) is 9.97 Å². The highest BCUT2D eigenvalue weighted by Crippen LogP contribution is 2.45. The van der Waals surface area contributed by atoms with Gasteiger partial charge in [-0.3, -0.25) is 9.59 Å². The molecule has 0 aromatic carbocycles. The number of hydrogen-bond acceptors (Lipinski definition) is 4. The van der Waals surface area contributed by atoms with Crippen molar-refractivity contribution in [1.82, 2.24) is 19.9 Å². The lowest BCUT2D eigenvalue weighted by atomic mass is 10.0. The number of aryl methyl sites for hydroxylation is 4. The predicted octanol–water partition coefficient (Wildman–Crippen LogP) is 8.97. The molecule has 3 N–H and O–H groups in total. The summed E-state index contributed by atoms with van der Waals surface area (Å²) in [5.41, 5.74) is 14.3. The Kier molecular flexibility index (Phi) is 7.54. The minimum Gasteiger partial charge on any atom is -0.481 e. The Morgan fingerprint density at radius 1 is 0.860 bits per heavy atom. The molecule has 1 aliphatic carbocycles. The van der Waals surface area contributed by atoms with Crippen LogP contribution in [0.4, 0.5) is 0 Å². The molecule has 3 aromatic rings. The van der Waals surface area contributed by atoms with E-state index in [0.29, 0.717) is 23.4 Å². The Morgan fingerprint density at radius 2 is 1.42 bits per heavy atom. The summed E-state index contributed by atoms with van der Waals surface area (Å²) >= 11 is 11.6. The van der Waals surface area contributed by atoms with E-state index in [2.05, 4.69) is 78.2 Å². The number of carbonyl (C=O) groups excluding carboxylic acids is 1. The number of carbonyl (C=O) groups is 2. The lowest BCUT2D eigenvalue weighted by Crippen LogP contribution is -1.99. The monoisotopic (exact) mass is 766 g/mol. The summed E-state index contributed by atoms with van der Waals surface area (Å²) in [4.78, 5) is 42.6. The number of nitrogens with zero attached hydrogens (tertiary/aromatic N) is 2. The van der Waals surface area contributed by atoms with E-state index < -0.39 is 5.97 Å². The summed E-state index contributed by atoms with van der Waals surface area (Å²) in [5.74, 6) is -0.875. The number of carboxylic acid groups (broad SMARTS) is 1. The Morgan fingerprint density at radius 3 is 2.05 bits per heavy atom. The molecule has 43 heavy (non-hydrogen) atoms. The van der Waals surface area contributed by atoms with E-state index in [1.165, 1.54) is 0 Å². The SMILES string of the molecule is C=CC1=C(C)c2nc1c(Br)c1[nH]c(c(Br)c3nc4c(c5[nH]c(c(C)c5CCC(=O)O)c2Br)CC(=O)C4=C3C)c(CC)c1C. The van der Waals surface area contributed by atoms with E-state index in [-0.39, 0.29) is 18.6 Å². The van der Waals surface area contributed by atoms with Gasteiger partial charge in [0.05, 0.1) is 52.7 Å². The fourth-order valence-electron chi connectivity index (χ4n) is 6.54. The van der Waals surface area contributed by atoms with Gasteiger partial charge < -0.3 is 15.1 Å². The zero-order chi connectivity index (χ0) is 31.1. The van der Waals surface area contributed by atoms with Crippen molar-refractivity contribution in [2.75, 3.05) is 0 Å². The molecule has 10 heteroatoms. The highest BCUT2D eigenvalue weighted by molar-refractivity contribution is 9.11. The minimum absolute atomic E-state index is 0.00709. The molecule has 0 spiro atoms. The number of H-pyrrole nitrogens is 2. The Labute approximate surface area is 274 Å². The lowest BCUT2D eigenvalue weighted by molar-refractivity contribution is -0.137. The van der Waals surface area contributed by atoms with Crippen molar-refractivity contribution >= 4 is 104 Å². The van der Waals surface area contributed by atoms with Crippen LogP contribution in [0.1, 0.15) is 77.8 Å². The van der Waals surface area contributed by atoms with Gasteiger partial charge in [-0.15, -0.1) is 0 Å². The van der Waals surface area contributed by atoms with E-state index in [9.17, 15) is 14.7 Å². The third-order valence-corrected chi connectivity index (χ3v) is 11.1. The Hall–Kier alpha value is -3.08. The van der Waals surface area contributed by atoms with Gasteiger partial charge in [-0.2, -0.15) is 0 Å². The highest BCUT2D eigenvalue weighted by Gasteiger charge is 2.35. The summed E-state index contributed by atoms with van der Waals surface area (Å²) in [6.07, 6.45) is 3.07. The largest absolute Gasteiger partial charge is 0.481 e. The summed E-state index contributed by atoms with van der Waals surface area (Å²) in [5, 5.41) is 9.56. The topological polar surface area (TPSA) is 112 Å². The number of allylic oxidation sites excluding steroid dienone is 5. The summed E-state index contributed by atoms with van der Waals surface area (Å²) in [7, 11) is 0. The number of rotatable bonds is 5. The molecular formula is C33H29Br3N4O3. The normalized spacial score (nSPS) is 14.4. The van der Waals surface area contributed by atoms with Gasteiger partial charge in [-0.05, 0) is 122 Å². The minimum atomic E-state index is -0.882. The number of aromatic nitrogens is 4. The number of halogens is 3. The third kappa shape index (κ3) is 4.39. The molecule has 7 nitrogen and oxygen atoms in total. The van der Waals surface area contributed by atoms with Crippen molar-refractivity contribution < 1.29 is 14.7 Å². The van der Waals surface area contributed by atoms with Crippen molar-refractivity contribution in [2.24, 2.45) is 0 Å². The standard InChI is InChI=1S/C33H29Br3N4O3/c1-7-16-12(3)26-23(34)28-14(5)18(9-10-21(42)43)30(37-28)19-11-20(41)22-15(6)29(38-31(19)22)25(36)33-17(8-2)13(4)27(40-33)24(35)32(16)39-26/h7,37,40H,1,8-11H2,2-6H3,(H,42,43). The second-order valence-corrected chi connectivity index (χ2v) is 13.5. The van der Waals surface area contributed by atoms with Crippen LogP contribution in [0.25, 0.3) is 44.4 Å². The van der Waals surface area contributed by atoms with Gasteiger partial charge >= 0.3 is 5.97 Å². The van der Waals surface area contributed by atoms with Crippen molar-refractivity contribution in [3.8, 4) is 0 Å². The van der Waals surface area contributed by atoms with Gasteiger partial charge in [0.2, 0.25) is 0 Å². The van der Waals surface area contributed by atoms with Crippen LogP contribution in [0.3, 0.4) is 0 Å². The molecule has 0 unspecified atom stereocenters. The van der Waals surface area contributed by atoms with Crippen LogP contribution in [-0.4, -0.2) is 36.8 Å². The fourth-order valence-corrected chi connectivity index (χ4v) is 8.75. The van der Waals surface area contributed by atoms with Gasteiger partial charge in [0, 0.05) is 35.1 Å². The second kappa shape index (κ2) is 10.8. The van der Waals surface area contributed by atoms with Crippen molar-refractivity contribution in [3.63, 3.8) is 0 Å². The molecule has 3 aliphatic rings. The number of Topliss-reactive ketones (excluding diaryl/α,β-unsaturated/α-hetero) is 1. The lowest BCUT2D eigenvalue weighted by Gasteiger charge is -2.02. The molecule has 0 saturated heterocycles. The maximum absolute atomic E-state index is 13.5. The maximum Gasteiger partial charge on any atom is 0.303 e. The zero-order valence-corrected chi connectivity index (χ0v) is 29.2. The van der Waals surface area contributed by atoms with Crippen molar-refractivity contribution in [3.05, 3.63) is 76.7 Å². The first kappa shape index (κ1) is 30.0. The number of carboxylic acids is 1. The van der Waals surface area contributed by atoms with Crippen LogP contribution in [0.15, 0.2) is 26.1 Å². The van der Waals surface area contributed by atoms with Gasteiger partial charge in [0.25, 0.3) is 0 Å². The number of hydrogen-bond donors (Lipinski definition) is 3. The summed E-state index contributed by atoms with van der Waals surface area (Å²) < 4.78 is 2.35. The number of aromatic amines is 2. The number of nitrogens with one attached hydrogen (secondary N) is 2. The molecule has 0 fully saturated rings. The van der Waals surface area contributed by atoms with Gasteiger partial charge in [-0.25, -0.2) is 9.97 Å². The number of fused-ring (bicyclic) bond motifs is 8. The van der Waals surface area contributed by atoms with E-state index in [1.54, 1.807) is 0 Å². The molecule has 0 radical (unpaired) electrons. The Balaban J connectivity index is 1.91. The van der Waals surface area contributed by atoms with Crippen molar-refractivity contribution in [2.45, 2.75) is 60.3 Å². The first-order valence-electron chi connectivity index (χ1n) is 14.0. The average Bonchev–Trinajstić information content (AvgIpc) is 3.74. The summed E-state index contributed by atoms with van der Waals surface area (Å²) in [6, 6.07) is 0. The smallest absolute Gasteiger partial charge is 0.303 e. The second-order valence-electron chi connectivity index (χ2n) is 11.1. The van der Waals surface area contributed by atoms with Crippen LogP contribution in [0, 0.1) is 13.8 Å². The molecule has 0 saturated carbocycles. The quantitative estimate of drug-likeness (QED) is 0.240. The fraction of sp³-hybridized carbons (Fsp3) is 0.273. The molecule has 3 aromatic heterocycles. The maximum atomic E-state index is 13.5. The molecule has 8 bridgehead atoms. The van der Waals surface area contributed by atoms with Crippen LogP contribution < -0.4 is 0 Å². The van der Waals surface area contributed by atoms with E-state index in [1.807, 2.05) is 26.8 Å². The molecular weight excluding hydrogens is 740 g/mol. The van der Waals surface area contributed by atoms with Crippen LogP contribution in [0.2, 0.25) is 0 Å². The molecule has 2 aliphatic heterocycles. The van der Waals surface area contributed by atoms with E-state index >= 15 is 0 Å². The molecule has 0 amide bonds. The number of aliphatic carboxylic acids is 1. The van der Waals surface area contributed by atoms with E-state index in [0.717, 1.165) is 97.8 Å². The zero-order valence-electron chi connectivity index (χ0n) is 24.4. The van der Waals surface area contributed by atoms with Crippen LogP contribution >= 0.6 is 47.8 Å². The summed E-state index contributed by atoms with van der Waals surface area (Å²) in [6.45, 7) is 14.3. The van der Waals surface area contributed by atoms with Crippen molar-refractivity contribution in [1.29, 1.82) is 0 Å². The van der Waals surface area contributed by atoms with Gasteiger partial charge in [0.15, 0.2) is 5.78 Å². The van der Waals surface area contributed by atoms with Crippen LogP contribution in [-0.2, 0) is 28.9 Å². The first-order chi connectivity index (χ1) is 20.4. The van der Waals surface area contributed by atoms with Crippen LogP contribution in [0.5, 0.6) is 0 Å². The highest BCUT2D eigenvalue weighted by atomic mass is 79.9. The van der Waals surface area contributed by atoms with Gasteiger partial charge in [-0.1, -0.05) is 19.6 Å². The third-order valence-electron chi connectivity index (χ3n) is 8.82. The average molecular weight is 769 g/mol. The van der Waals surface area contributed by atoms with Gasteiger partial charge in [0.1, 0.15) is 0 Å². The molecule has 0 atom stereocenters. The Bertz CT molecular complexity index is 2080.